The lowest BCUT2D eigenvalue weighted by atomic mass is 9.85. The van der Waals surface area contributed by atoms with Crippen molar-refractivity contribution in [2.24, 2.45) is 0 Å². The molecular formula is C43H87N2O5PS. The van der Waals surface area contributed by atoms with Crippen molar-refractivity contribution in [2.45, 2.75) is 233 Å². The molecule has 0 aromatic heterocycles. The third-order valence-corrected chi connectivity index (χ3v) is 15.6. The van der Waals surface area contributed by atoms with E-state index < -0.39 is 36.4 Å². The molecule has 0 aromatic rings. The van der Waals surface area contributed by atoms with Gasteiger partial charge < -0.3 is 14.7 Å². The van der Waals surface area contributed by atoms with Crippen LogP contribution >= 0.6 is 6.57 Å². The molecule has 0 radical (unpaired) electrons. The van der Waals surface area contributed by atoms with E-state index in [1.165, 1.54) is 116 Å². The highest BCUT2D eigenvalue weighted by Gasteiger charge is 2.48. The Hall–Kier alpha value is -0.210. The molecule has 2 N–H and O–H groups in total. The van der Waals surface area contributed by atoms with Gasteiger partial charge in [-0.25, -0.2) is 9.34 Å². The van der Waals surface area contributed by atoms with Gasteiger partial charge in [-0.1, -0.05) is 196 Å². The van der Waals surface area contributed by atoms with E-state index in [9.17, 15) is 19.8 Å². The van der Waals surface area contributed by atoms with E-state index in [0.29, 0.717) is 39.0 Å². The van der Waals surface area contributed by atoms with Gasteiger partial charge in [0, 0.05) is 39.0 Å². The van der Waals surface area contributed by atoms with Crippen molar-refractivity contribution in [1.29, 1.82) is 0 Å². The Morgan fingerprint density at radius 3 is 1.13 bits per heavy atom. The Labute approximate surface area is 328 Å². The van der Waals surface area contributed by atoms with Crippen molar-refractivity contribution >= 4 is 29.9 Å². The number of aliphatic hydroxyl groups is 2. The molecule has 0 bridgehead atoms. The Morgan fingerprint density at radius 2 is 0.827 bits per heavy atom. The number of unbranched alkanes of at least 4 members (excludes halogenated alkanes) is 24. The highest BCUT2D eigenvalue weighted by Crippen LogP contribution is 2.54. The SMILES string of the molecule is CCCCCCCCCCCCCCCC(=O)C(O)C(O)(COP(=S)(N(CC)CC)N(CC)CC)C(=O)CCCCCCCCCCCCCCC. The first-order valence-corrected chi connectivity index (χ1v) is 25.0. The summed E-state index contributed by atoms with van der Waals surface area (Å²) in [7, 11) is 0. The average molecular weight is 775 g/mol. The Balaban J connectivity index is 5.10. The summed E-state index contributed by atoms with van der Waals surface area (Å²) in [6.07, 6.45) is 29.6. The number of aliphatic hydroxyl groups excluding tert-OH is 1. The number of ketones is 2. The van der Waals surface area contributed by atoms with Crippen LogP contribution in [0.3, 0.4) is 0 Å². The van der Waals surface area contributed by atoms with Crippen LogP contribution in [0.4, 0.5) is 0 Å². The number of carbonyl (C=O) groups is 2. The van der Waals surface area contributed by atoms with Gasteiger partial charge in [-0.15, -0.1) is 0 Å². The van der Waals surface area contributed by atoms with E-state index in [0.717, 1.165) is 38.5 Å². The molecule has 9 heteroatoms. The molecule has 0 aromatic carbocycles. The van der Waals surface area contributed by atoms with Gasteiger partial charge >= 0.3 is 0 Å². The molecule has 0 spiro atoms. The molecule has 0 aliphatic rings. The van der Waals surface area contributed by atoms with Crippen LogP contribution in [0.5, 0.6) is 0 Å². The number of rotatable bonds is 40. The Bertz CT molecular complexity index is 885. The van der Waals surface area contributed by atoms with E-state index in [1.54, 1.807) is 0 Å². The molecule has 0 saturated carbocycles. The summed E-state index contributed by atoms with van der Waals surface area (Å²) in [4.78, 5) is 27.1. The molecule has 0 aliphatic heterocycles. The van der Waals surface area contributed by atoms with Gasteiger partial charge in [-0.3, -0.25) is 9.59 Å². The maximum atomic E-state index is 13.7. The zero-order chi connectivity index (χ0) is 38.9. The summed E-state index contributed by atoms with van der Waals surface area (Å²) in [5, 5.41) is 23.3. The zero-order valence-electron chi connectivity index (χ0n) is 35.3. The molecule has 0 heterocycles. The minimum absolute atomic E-state index is 0.111. The first-order chi connectivity index (χ1) is 25.1. The standard InChI is InChI=1S/C43H87N2O5PS/c1-7-13-15-17-19-21-23-25-27-29-31-33-35-37-40(46)42(48)43(49,39-50-51(52,44(9-3)10-4)45(11-5)12-6)41(47)38-36-34-32-30-28-26-24-22-20-18-16-14-8-2/h42,48-49H,7-39H2,1-6H3. The maximum Gasteiger partial charge on any atom is 0.203 e. The van der Waals surface area contributed by atoms with Crippen molar-refractivity contribution in [3.05, 3.63) is 0 Å². The summed E-state index contributed by atoms with van der Waals surface area (Å²) in [6.45, 7) is 12.0. The number of Topliss-reactive ketones (excluding diaryl/α,β-unsaturated/α-hetero) is 2. The number of nitrogens with zero attached hydrogens (tertiary/aromatic N) is 2. The Kier molecular flexibility index (Phi) is 33.9. The first kappa shape index (κ1) is 51.8. The summed E-state index contributed by atoms with van der Waals surface area (Å²) < 4.78 is 10.6. The van der Waals surface area contributed by atoms with Crippen LogP contribution in [0.25, 0.3) is 0 Å². The van der Waals surface area contributed by atoms with Crippen LogP contribution in [0.15, 0.2) is 0 Å². The van der Waals surface area contributed by atoms with E-state index in [2.05, 4.69) is 23.2 Å². The minimum Gasteiger partial charge on any atom is -0.382 e. The molecule has 2 unspecified atom stereocenters. The molecule has 0 aliphatic carbocycles. The second kappa shape index (κ2) is 34.1. The molecular weight excluding hydrogens is 688 g/mol. The fourth-order valence-electron chi connectivity index (χ4n) is 7.24. The van der Waals surface area contributed by atoms with Crippen LogP contribution in [-0.4, -0.2) is 75.6 Å². The Morgan fingerprint density at radius 1 is 0.538 bits per heavy atom. The highest BCUT2D eigenvalue weighted by atomic mass is 32.5. The predicted octanol–water partition coefficient (Wildman–Crippen LogP) is 12.1. The highest BCUT2D eigenvalue weighted by molar-refractivity contribution is 8.09. The van der Waals surface area contributed by atoms with Gasteiger partial charge in [-0.2, -0.15) is 0 Å². The fourth-order valence-corrected chi connectivity index (χ4v) is 11.3. The fraction of sp³-hybridized carbons (Fsp3) is 0.953. The normalized spacial score (nSPS) is 14.0. The summed E-state index contributed by atoms with van der Waals surface area (Å²) in [5.74, 6) is -0.991. The third-order valence-electron chi connectivity index (χ3n) is 10.9. The molecule has 310 valence electrons. The largest absolute Gasteiger partial charge is 0.382 e. The average Bonchev–Trinajstić information content (AvgIpc) is 3.14. The van der Waals surface area contributed by atoms with Gasteiger partial charge in [0.15, 0.2) is 23.3 Å². The van der Waals surface area contributed by atoms with Gasteiger partial charge in [0.25, 0.3) is 0 Å². The third kappa shape index (κ3) is 22.4. The molecule has 0 fully saturated rings. The van der Waals surface area contributed by atoms with Crippen molar-refractivity contribution < 1.29 is 24.3 Å². The molecule has 0 rings (SSSR count). The molecule has 2 atom stereocenters. The van der Waals surface area contributed by atoms with Crippen molar-refractivity contribution in [2.75, 3.05) is 32.8 Å². The number of hydrogen-bond acceptors (Lipinski definition) is 6. The topological polar surface area (TPSA) is 90.3 Å². The van der Waals surface area contributed by atoms with Gasteiger partial charge in [0.2, 0.25) is 6.57 Å². The number of hydrogen-bond donors (Lipinski definition) is 2. The molecule has 7 nitrogen and oxygen atoms in total. The lowest BCUT2D eigenvalue weighted by Crippen LogP contribution is -2.56. The summed E-state index contributed by atoms with van der Waals surface area (Å²) in [5.41, 5.74) is -2.31. The monoisotopic (exact) mass is 775 g/mol. The van der Waals surface area contributed by atoms with Crippen LogP contribution in [0.1, 0.15) is 221 Å². The molecule has 0 amide bonds. The quantitative estimate of drug-likeness (QED) is 0.0470. The minimum atomic E-state index is -2.79. The van der Waals surface area contributed by atoms with Crippen LogP contribution < -0.4 is 0 Å². The van der Waals surface area contributed by atoms with Gasteiger partial charge in [0.1, 0.15) is 0 Å². The van der Waals surface area contributed by atoms with E-state index in [4.69, 9.17) is 16.3 Å². The van der Waals surface area contributed by atoms with Crippen LogP contribution in [0.2, 0.25) is 0 Å². The van der Waals surface area contributed by atoms with Crippen molar-refractivity contribution in [3.63, 3.8) is 0 Å². The first-order valence-electron chi connectivity index (χ1n) is 22.3. The predicted molar refractivity (Wildman–Crippen MR) is 228 cm³/mol. The smallest absolute Gasteiger partial charge is 0.203 e. The van der Waals surface area contributed by atoms with Crippen LogP contribution in [0, 0.1) is 0 Å². The van der Waals surface area contributed by atoms with Crippen LogP contribution in [-0.2, 0) is 25.9 Å². The summed E-state index contributed by atoms with van der Waals surface area (Å²) >= 11 is 6.16. The molecule has 52 heavy (non-hydrogen) atoms. The zero-order valence-corrected chi connectivity index (χ0v) is 37.0. The van der Waals surface area contributed by atoms with E-state index in [1.807, 2.05) is 27.7 Å². The van der Waals surface area contributed by atoms with Crippen molar-refractivity contribution in [1.82, 2.24) is 9.34 Å². The maximum absolute atomic E-state index is 13.7. The lowest BCUT2D eigenvalue weighted by Gasteiger charge is -2.42. The van der Waals surface area contributed by atoms with Gasteiger partial charge in [-0.05, 0) is 24.6 Å². The van der Waals surface area contributed by atoms with Gasteiger partial charge in [0.05, 0.1) is 6.61 Å². The van der Waals surface area contributed by atoms with E-state index in [-0.39, 0.29) is 12.8 Å². The van der Waals surface area contributed by atoms with E-state index >= 15 is 0 Å². The molecule has 0 saturated heterocycles. The second-order valence-corrected chi connectivity index (χ2v) is 19.0. The second-order valence-electron chi connectivity index (χ2n) is 15.2. The summed E-state index contributed by atoms with van der Waals surface area (Å²) in [6, 6.07) is 0. The van der Waals surface area contributed by atoms with Crippen molar-refractivity contribution in [3.8, 4) is 0 Å². The lowest BCUT2D eigenvalue weighted by molar-refractivity contribution is -0.164. The number of carbonyl (C=O) groups excluding carboxylic acids is 2.